The Balaban J connectivity index is 1.79. The first-order chi connectivity index (χ1) is 12.8. The third-order valence-electron chi connectivity index (χ3n) is 4.04. The van der Waals surface area contributed by atoms with E-state index in [1.807, 2.05) is 0 Å². The molecule has 4 nitrogen and oxygen atoms in total. The lowest BCUT2D eigenvalue weighted by atomic mass is 10.1. The number of hydrogen-bond acceptors (Lipinski definition) is 3. The fraction of sp³-hybridized carbons (Fsp3) is 0.158. The summed E-state index contributed by atoms with van der Waals surface area (Å²) in [6.45, 7) is 1.88. The van der Waals surface area contributed by atoms with E-state index in [2.05, 4.69) is 10.3 Å². The smallest absolute Gasteiger partial charge is 0.381 e. The quantitative estimate of drug-likeness (QED) is 0.666. The second kappa shape index (κ2) is 7.11. The Kier molecular flexibility index (Phi) is 4.86. The minimum absolute atomic E-state index is 0.128. The van der Waals surface area contributed by atoms with Crippen LogP contribution in [-0.4, -0.2) is 9.55 Å². The number of halogens is 4. The summed E-state index contributed by atoms with van der Waals surface area (Å²) in [7, 11) is 0. The zero-order valence-electron chi connectivity index (χ0n) is 14.2. The number of nitrogens with one attached hydrogen (secondary N) is 1. The lowest BCUT2D eigenvalue weighted by Gasteiger charge is -2.13. The van der Waals surface area contributed by atoms with Crippen LogP contribution in [0.2, 0.25) is 0 Å². The summed E-state index contributed by atoms with van der Waals surface area (Å²) < 4.78 is 55.0. The van der Waals surface area contributed by atoms with Crippen molar-refractivity contribution in [2.75, 3.05) is 5.32 Å². The van der Waals surface area contributed by atoms with Gasteiger partial charge in [0.15, 0.2) is 0 Å². The van der Waals surface area contributed by atoms with Gasteiger partial charge in [0.1, 0.15) is 11.6 Å². The molecule has 0 atom stereocenters. The second-order valence-corrected chi connectivity index (χ2v) is 5.85. The number of alkyl halides is 3. The van der Waals surface area contributed by atoms with Gasteiger partial charge in [0.2, 0.25) is 0 Å². The van der Waals surface area contributed by atoms with Crippen LogP contribution < -0.4 is 5.32 Å². The summed E-state index contributed by atoms with van der Waals surface area (Å²) in [6, 6.07) is 9.47. The van der Waals surface area contributed by atoms with Crippen molar-refractivity contribution in [1.29, 1.82) is 5.26 Å². The predicted octanol–water partition coefficient (Wildman–Crippen LogP) is 4.82. The van der Waals surface area contributed by atoms with Crippen LogP contribution in [0.15, 0.2) is 48.8 Å². The molecule has 3 rings (SSSR count). The number of nitrogens with zero attached hydrogens (tertiary/aromatic N) is 3. The van der Waals surface area contributed by atoms with E-state index in [0.29, 0.717) is 17.1 Å². The van der Waals surface area contributed by atoms with E-state index in [9.17, 15) is 17.6 Å². The van der Waals surface area contributed by atoms with Crippen molar-refractivity contribution >= 4 is 5.69 Å². The molecular weight excluding hydrogens is 360 g/mol. The van der Waals surface area contributed by atoms with E-state index in [1.165, 1.54) is 18.2 Å². The van der Waals surface area contributed by atoms with Crippen LogP contribution in [0.5, 0.6) is 0 Å². The molecule has 138 valence electrons. The molecule has 0 unspecified atom stereocenters. The first-order valence-corrected chi connectivity index (χ1v) is 7.93. The summed E-state index contributed by atoms with van der Waals surface area (Å²) in [5.74, 6) is 0.170. The minimum Gasteiger partial charge on any atom is -0.381 e. The van der Waals surface area contributed by atoms with Gasteiger partial charge in [-0.25, -0.2) is 9.37 Å². The van der Waals surface area contributed by atoms with Crippen molar-refractivity contribution in [2.24, 2.45) is 0 Å². The van der Waals surface area contributed by atoms with E-state index in [1.54, 1.807) is 36.0 Å². The predicted molar refractivity (Wildman–Crippen MR) is 91.7 cm³/mol. The number of aryl methyl sites for hydroxylation is 1. The summed E-state index contributed by atoms with van der Waals surface area (Å²) >= 11 is 0. The molecule has 27 heavy (non-hydrogen) atoms. The van der Waals surface area contributed by atoms with Gasteiger partial charge in [-0.05, 0) is 42.8 Å². The lowest BCUT2D eigenvalue weighted by Crippen LogP contribution is -2.09. The molecule has 0 aliphatic rings. The molecule has 0 saturated heterocycles. The number of anilines is 1. The number of aromatic nitrogens is 2. The number of hydrogen-bond donors (Lipinski definition) is 1. The van der Waals surface area contributed by atoms with Gasteiger partial charge in [-0.15, -0.1) is 0 Å². The van der Waals surface area contributed by atoms with Crippen LogP contribution >= 0.6 is 0 Å². The first kappa shape index (κ1) is 18.5. The Hall–Kier alpha value is -3.34. The van der Waals surface area contributed by atoms with Crippen molar-refractivity contribution in [3.63, 3.8) is 0 Å². The molecule has 1 heterocycles. The van der Waals surface area contributed by atoms with Crippen LogP contribution in [0.3, 0.4) is 0 Å². The molecule has 1 aromatic heterocycles. The summed E-state index contributed by atoms with van der Waals surface area (Å²) in [5.41, 5.74) is -0.360. The molecule has 0 bridgehead atoms. The fourth-order valence-corrected chi connectivity index (χ4v) is 2.68. The number of rotatable bonds is 4. The largest absolute Gasteiger partial charge is 0.417 e. The molecule has 0 radical (unpaired) electrons. The first-order valence-electron chi connectivity index (χ1n) is 7.93. The van der Waals surface area contributed by atoms with E-state index in [4.69, 9.17) is 5.26 Å². The van der Waals surface area contributed by atoms with Gasteiger partial charge in [-0.2, -0.15) is 18.4 Å². The molecule has 0 fully saturated rings. The molecular formula is C19H14F4N4. The van der Waals surface area contributed by atoms with E-state index >= 15 is 0 Å². The van der Waals surface area contributed by atoms with Gasteiger partial charge in [0, 0.05) is 24.6 Å². The van der Waals surface area contributed by atoms with Crippen molar-refractivity contribution in [1.82, 2.24) is 9.55 Å². The van der Waals surface area contributed by atoms with Crippen LogP contribution in [0.4, 0.5) is 23.2 Å². The van der Waals surface area contributed by atoms with Crippen LogP contribution in [-0.2, 0) is 12.7 Å². The standard InChI is InChI=1S/C19H14F4N4/c1-12-25-6-7-27(12)18-5-2-13(8-17(18)20)11-26-15-4-3-14(10-24)16(9-15)19(21,22)23/h2-9,26H,11H2,1H3. The van der Waals surface area contributed by atoms with E-state index < -0.39 is 23.1 Å². The Morgan fingerprint density at radius 1 is 1.19 bits per heavy atom. The highest BCUT2D eigenvalue weighted by Gasteiger charge is 2.33. The van der Waals surface area contributed by atoms with Crippen LogP contribution in [0.25, 0.3) is 5.69 Å². The van der Waals surface area contributed by atoms with Crippen LogP contribution in [0, 0.1) is 24.1 Å². The highest BCUT2D eigenvalue weighted by Crippen LogP contribution is 2.33. The number of imidazole rings is 1. The Labute approximate surface area is 152 Å². The third kappa shape index (κ3) is 3.92. The second-order valence-electron chi connectivity index (χ2n) is 5.85. The average molecular weight is 374 g/mol. The van der Waals surface area contributed by atoms with Gasteiger partial charge in [0.25, 0.3) is 0 Å². The maximum Gasteiger partial charge on any atom is 0.417 e. The molecule has 3 aromatic rings. The maximum atomic E-state index is 14.4. The Bertz CT molecular complexity index is 1020. The Morgan fingerprint density at radius 2 is 1.96 bits per heavy atom. The topological polar surface area (TPSA) is 53.6 Å². The summed E-state index contributed by atoms with van der Waals surface area (Å²) in [4.78, 5) is 4.04. The molecule has 0 saturated carbocycles. The minimum atomic E-state index is -4.63. The van der Waals surface area contributed by atoms with Gasteiger partial charge in [-0.1, -0.05) is 6.07 Å². The van der Waals surface area contributed by atoms with Crippen molar-refractivity contribution in [3.05, 3.63) is 77.1 Å². The van der Waals surface area contributed by atoms with Gasteiger partial charge in [0.05, 0.1) is 22.9 Å². The lowest BCUT2D eigenvalue weighted by molar-refractivity contribution is -0.137. The Morgan fingerprint density at radius 3 is 2.56 bits per heavy atom. The van der Waals surface area contributed by atoms with E-state index in [-0.39, 0.29) is 12.2 Å². The zero-order chi connectivity index (χ0) is 19.6. The van der Waals surface area contributed by atoms with Crippen LogP contribution in [0.1, 0.15) is 22.5 Å². The zero-order valence-corrected chi connectivity index (χ0v) is 14.2. The van der Waals surface area contributed by atoms with Gasteiger partial charge in [-0.3, -0.25) is 0 Å². The highest BCUT2D eigenvalue weighted by molar-refractivity contribution is 5.53. The number of nitriles is 1. The molecule has 8 heteroatoms. The molecule has 0 amide bonds. The summed E-state index contributed by atoms with van der Waals surface area (Å²) in [6.07, 6.45) is -1.42. The van der Waals surface area contributed by atoms with Gasteiger partial charge < -0.3 is 9.88 Å². The van der Waals surface area contributed by atoms with E-state index in [0.717, 1.165) is 12.1 Å². The normalized spacial score (nSPS) is 11.3. The van der Waals surface area contributed by atoms with Crippen molar-refractivity contribution < 1.29 is 17.6 Å². The van der Waals surface area contributed by atoms with Crippen molar-refractivity contribution in [2.45, 2.75) is 19.6 Å². The monoisotopic (exact) mass is 374 g/mol. The number of benzene rings is 2. The van der Waals surface area contributed by atoms with Gasteiger partial charge >= 0.3 is 6.18 Å². The molecule has 0 aliphatic carbocycles. The fourth-order valence-electron chi connectivity index (χ4n) is 2.68. The maximum absolute atomic E-state index is 14.4. The third-order valence-corrected chi connectivity index (χ3v) is 4.04. The SMILES string of the molecule is Cc1nccn1-c1ccc(CNc2ccc(C#N)c(C(F)(F)F)c2)cc1F. The molecule has 0 spiro atoms. The summed E-state index contributed by atoms with van der Waals surface area (Å²) in [5, 5.41) is 11.6. The molecule has 2 aromatic carbocycles. The van der Waals surface area contributed by atoms with Crippen molar-refractivity contribution in [3.8, 4) is 11.8 Å². The average Bonchev–Trinajstić information content (AvgIpc) is 3.05. The highest BCUT2D eigenvalue weighted by atomic mass is 19.4. The molecule has 1 N–H and O–H groups in total. The molecule has 0 aliphatic heterocycles.